The van der Waals surface area contributed by atoms with Gasteiger partial charge in [0.05, 0.1) is 0 Å². The molecule has 0 atom stereocenters. The molecule has 0 amide bonds. The Bertz CT molecular complexity index is 748. The number of aromatic nitrogens is 3. The molecule has 0 bridgehead atoms. The molecule has 0 aliphatic rings. The van der Waals surface area contributed by atoms with Gasteiger partial charge in [-0.25, -0.2) is 9.97 Å². The summed E-state index contributed by atoms with van der Waals surface area (Å²) in [6.45, 7) is 2.04. The van der Waals surface area contributed by atoms with Crippen molar-refractivity contribution in [2.45, 2.75) is 13.3 Å². The maximum atomic E-state index is 5.96. The summed E-state index contributed by atoms with van der Waals surface area (Å²) in [4.78, 5) is 9.15. The van der Waals surface area contributed by atoms with Gasteiger partial charge in [-0.05, 0) is 42.8 Å². The van der Waals surface area contributed by atoms with Crippen molar-refractivity contribution in [3.05, 3.63) is 52.9 Å². The van der Waals surface area contributed by atoms with Crippen LogP contribution in [0.15, 0.2) is 36.5 Å². The summed E-state index contributed by atoms with van der Waals surface area (Å²) in [5, 5.41) is 0.709. The number of fused-ring (bicyclic) bond motifs is 1. The van der Waals surface area contributed by atoms with Gasteiger partial charge in [0.1, 0.15) is 11.3 Å². The highest BCUT2D eigenvalue weighted by molar-refractivity contribution is 6.30. The fourth-order valence-electron chi connectivity index (χ4n) is 2.25. The molecule has 0 fully saturated rings. The predicted molar refractivity (Wildman–Crippen MR) is 83.0 cm³/mol. The van der Waals surface area contributed by atoms with Crippen molar-refractivity contribution < 1.29 is 0 Å². The Morgan fingerprint density at radius 3 is 2.60 bits per heavy atom. The van der Waals surface area contributed by atoms with Crippen LogP contribution in [0.3, 0.4) is 0 Å². The van der Waals surface area contributed by atoms with Crippen molar-refractivity contribution in [3.8, 4) is 5.69 Å². The lowest BCUT2D eigenvalue weighted by molar-refractivity contribution is 0.905. The van der Waals surface area contributed by atoms with Gasteiger partial charge in [0, 0.05) is 29.2 Å². The third-order valence-corrected chi connectivity index (χ3v) is 3.66. The number of halogens is 2. The molecule has 3 rings (SSSR count). The van der Waals surface area contributed by atoms with Crippen molar-refractivity contribution in [1.29, 1.82) is 0 Å². The molecule has 0 saturated carbocycles. The lowest BCUT2D eigenvalue weighted by Crippen LogP contribution is -2.02. The fraction of sp³-hybridized carbons (Fsp3) is 0.200. The van der Waals surface area contributed by atoms with E-state index in [4.69, 9.17) is 23.2 Å². The quantitative estimate of drug-likeness (QED) is 0.680. The second kappa shape index (κ2) is 5.43. The van der Waals surface area contributed by atoms with Crippen LogP contribution in [-0.4, -0.2) is 20.4 Å². The van der Waals surface area contributed by atoms with Crippen LogP contribution in [0.2, 0.25) is 5.02 Å². The fourth-order valence-corrected chi connectivity index (χ4v) is 2.55. The Kier molecular flexibility index (Phi) is 3.64. The Morgan fingerprint density at radius 1 is 1.15 bits per heavy atom. The SMILES string of the molecule is Cc1ccnc2c1nc(CCCl)n2-c1ccc(Cl)cc1. The third-order valence-electron chi connectivity index (χ3n) is 3.22. The first-order valence-corrected chi connectivity index (χ1v) is 7.27. The van der Waals surface area contributed by atoms with E-state index >= 15 is 0 Å². The van der Waals surface area contributed by atoms with Gasteiger partial charge in [-0.1, -0.05) is 11.6 Å². The second-order valence-electron chi connectivity index (χ2n) is 4.58. The van der Waals surface area contributed by atoms with E-state index in [0.717, 1.165) is 28.2 Å². The van der Waals surface area contributed by atoms with Gasteiger partial charge in [0.25, 0.3) is 0 Å². The number of nitrogens with zero attached hydrogens (tertiary/aromatic N) is 3. The Morgan fingerprint density at radius 2 is 1.90 bits per heavy atom. The number of aryl methyl sites for hydroxylation is 2. The predicted octanol–water partition coefficient (Wildman–Crippen LogP) is 4.16. The van der Waals surface area contributed by atoms with Crippen LogP contribution in [0, 0.1) is 6.92 Å². The molecule has 0 aliphatic heterocycles. The lowest BCUT2D eigenvalue weighted by atomic mass is 10.2. The molecule has 102 valence electrons. The number of hydrogen-bond donors (Lipinski definition) is 0. The highest BCUT2D eigenvalue weighted by Crippen LogP contribution is 2.23. The summed E-state index contributed by atoms with van der Waals surface area (Å²) in [6.07, 6.45) is 2.50. The Balaban J connectivity index is 2.28. The summed E-state index contributed by atoms with van der Waals surface area (Å²) >= 11 is 11.8. The van der Waals surface area contributed by atoms with E-state index < -0.39 is 0 Å². The number of hydrogen-bond acceptors (Lipinski definition) is 2. The number of pyridine rings is 1. The van der Waals surface area contributed by atoms with E-state index in [-0.39, 0.29) is 0 Å². The Labute approximate surface area is 127 Å². The Hall–Kier alpha value is -1.58. The number of alkyl halides is 1. The highest BCUT2D eigenvalue weighted by atomic mass is 35.5. The molecule has 3 aromatic rings. The zero-order valence-electron chi connectivity index (χ0n) is 11.0. The minimum Gasteiger partial charge on any atom is -0.281 e. The second-order valence-corrected chi connectivity index (χ2v) is 5.39. The molecule has 0 unspecified atom stereocenters. The molecule has 1 aromatic carbocycles. The van der Waals surface area contributed by atoms with Crippen LogP contribution in [0.4, 0.5) is 0 Å². The van der Waals surface area contributed by atoms with E-state index in [1.54, 1.807) is 6.20 Å². The molecule has 2 aromatic heterocycles. The van der Waals surface area contributed by atoms with Gasteiger partial charge in [-0.15, -0.1) is 11.6 Å². The molecule has 0 aliphatic carbocycles. The van der Waals surface area contributed by atoms with Crippen LogP contribution < -0.4 is 0 Å². The summed E-state index contributed by atoms with van der Waals surface area (Å²) in [5.74, 6) is 1.44. The largest absolute Gasteiger partial charge is 0.281 e. The van der Waals surface area contributed by atoms with E-state index in [0.29, 0.717) is 17.3 Å². The van der Waals surface area contributed by atoms with Crippen LogP contribution >= 0.6 is 23.2 Å². The first-order chi connectivity index (χ1) is 9.70. The minimum atomic E-state index is 0.524. The van der Waals surface area contributed by atoms with E-state index in [1.165, 1.54) is 0 Å². The zero-order valence-corrected chi connectivity index (χ0v) is 12.5. The first kappa shape index (κ1) is 13.4. The summed E-state index contributed by atoms with van der Waals surface area (Å²) < 4.78 is 2.04. The summed E-state index contributed by atoms with van der Waals surface area (Å²) in [7, 11) is 0. The third kappa shape index (κ3) is 2.28. The van der Waals surface area contributed by atoms with Crippen molar-refractivity contribution in [2.75, 3.05) is 5.88 Å². The molecule has 2 heterocycles. The average Bonchev–Trinajstić information content (AvgIpc) is 2.80. The van der Waals surface area contributed by atoms with Crippen LogP contribution in [-0.2, 0) is 6.42 Å². The van der Waals surface area contributed by atoms with E-state index in [2.05, 4.69) is 9.97 Å². The van der Waals surface area contributed by atoms with E-state index in [1.807, 2.05) is 41.8 Å². The van der Waals surface area contributed by atoms with Gasteiger partial charge in [0.2, 0.25) is 0 Å². The standard InChI is InChI=1S/C15H13Cl2N3/c1-10-7-9-18-15-14(10)19-13(6-8-16)20(15)12-4-2-11(17)3-5-12/h2-5,7,9H,6,8H2,1H3. The smallest absolute Gasteiger partial charge is 0.164 e. The topological polar surface area (TPSA) is 30.7 Å². The number of imidazole rings is 1. The molecule has 0 saturated heterocycles. The van der Waals surface area contributed by atoms with Gasteiger partial charge >= 0.3 is 0 Å². The molecular formula is C15H13Cl2N3. The summed E-state index contributed by atoms with van der Waals surface area (Å²) in [5.41, 5.74) is 3.88. The molecule has 0 spiro atoms. The molecule has 5 heteroatoms. The van der Waals surface area contributed by atoms with Gasteiger partial charge in [-0.3, -0.25) is 4.57 Å². The number of benzene rings is 1. The van der Waals surface area contributed by atoms with Crippen LogP contribution in [0.5, 0.6) is 0 Å². The van der Waals surface area contributed by atoms with Crippen molar-refractivity contribution in [1.82, 2.24) is 14.5 Å². The first-order valence-electron chi connectivity index (χ1n) is 6.35. The van der Waals surface area contributed by atoms with E-state index in [9.17, 15) is 0 Å². The maximum Gasteiger partial charge on any atom is 0.164 e. The monoisotopic (exact) mass is 305 g/mol. The van der Waals surface area contributed by atoms with Crippen LogP contribution in [0.1, 0.15) is 11.4 Å². The van der Waals surface area contributed by atoms with Gasteiger partial charge in [0.15, 0.2) is 5.65 Å². The maximum absolute atomic E-state index is 5.96. The zero-order chi connectivity index (χ0) is 14.1. The molecule has 0 N–H and O–H groups in total. The molecular weight excluding hydrogens is 293 g/mol. The van der Waals surface area contributed by atoms with Gasteiger partial charge in [-0.2, -0.15) is 0 Å². The van der Waals surface area contributed by atoms with Crippen molar-refractivity contribution in [3.63, 3.8) is 0 Å². The number of rotatable bonds is 3. The van der Waals surface area contributed by atoms with Crippen molar-refractivity contribution >= 4 is 34.4 Å². The lowest BCUT2D eigenvalue weighted by Gasteiger charge is -2.08. The minimum absolute atomic E-state index is 0.524. The average molecular weight is 306 g/mol. The highest BCUT2D eigenvalue weighted by Gasteiger charge is 2.14. The van der Waals surface area contributed by atoms with Crippen molar-refractivity contribution in [2.24, 2.45) is 0 Å². The normalized spacial score (nSPS) is 11.2. The van der Waals surface area contributed by atoms with Gasteiger partial charge < -0.3 is 0 Å². The molecule has 0 radical (unpaired) electrons. The van der Waals surface area contributed by atoms with Crippen LogP contribution in [0.25, 0.3) is 16.9 Å². The molecule has 3 nitrogen and oxygen atoms in total. The summed E-state index contributed by atoms with van der Waals surface area (Å²) in [6, 6.07) is 9.62. The molecule has 20 heavy (non-hydrogen) atoms.